The van der Waals surface area contributed by atoms with Crippen molar-refractivity contribution in [2.75, 3.05) is 19.9 Å². The Morgan fingerprint density at radius 2 is 2.06 bits per heavy atom. The molecule has 0 aliphatic rings. The lowest BCUT2D eigenvalue weighted by molar-refractivity contribution is 0.177. The standard InChI is InChI=1S/C10H15N3O4S/c1-13(18(15,16)12-10(14)17-2)7-8-5-3-4-6-9(8)11/h3-6H,7,11H2,1-2H3,(H,12,14). The van der Waals surface area contributed by atoms with Crippen LogP contribution in [0.3, 0.4) is 0 Å². The van der Waals surface area contributed by atoms with Gasteiger partial charge in [0.25, 0.3) is 0 Å². The maximum atomic E-state index is 11.7. The lowest BCUT2D eigenvalue weighted by Crippen LogP contribution is -2.41. The molecule has 0 aliphatic heterocycles. The number of benzene rings is 1. The molecule has 1 aromatic carbocycles. The summed E-state index contributed by atoms with van der Waals surface area (Å²) in [4.78, 5) is 10.9. The second kappa shape index (κ2) is 5.69. The SMILES string of the molecule is COC(=O)NS(=O)(=O)N(C)Cc1ccccc1N. The van der Waals surface area contributed by atoms with E-state index in [-0.39, 0.29) is 6.54 Å². The predicted octanol–water partition coefficient (Wildman–Crippen LogP) is 0.301. The number of para-hydroxylation sites is 1. The Morgan fingerprint density at radius 3 is 2.61 bits per heavy atom. The van der Waals surface area contributed by atoms with Gasteiger partial charge in [-0.3, -0.25) is 0 Å². The summed E-state index contributed by atoms with van der Waals surface area (Å²) >= 11 is 0. The van der Waals surface area contributed by atoms with E-state index in [4.69, 9.17) is 5.73 Å². The molecule has 3 N–H and O–H groups in total. The van der Waals surface area contributed by atoms with Crippen LogP contribution in [-0.4, -0.2) is 33.0 Å². The highest BCUT2D eigenvalue weighted by Crippen LogP contribution is 2.13. The van der Waals surface area contributed by atoms with Gasteiger partial charge in [0.2, 0.25) is 0 Å². The van der Waals surface area contributed by atoms with Crippen molar-refractivity contribution in [3.05, 3.63) is 29.8 Å². The fraction of sp³-hybridized carbons (Fsp3) is 0.300. The van der Waals surface area contributed by atoms with E-state index in [1.165, 1.54) is 7.05 Å². The average Bonchev–Trinajstić information content (AvgIpc) is 2.31. The number of ether oxygens (including phenoxy) is 1. The third-order valence-corrected chi connectivity index (χ3v) is 3.63. The molecule has 0 aliphatic carbocycles. The molecule has 0 saturated carbocycles. The highest BCUT2D eigenvalue weighted by molar-refractivity contribution is 7.87. The zero-order chi connectivity index (χ0) is 13.8. The van der Waals surface area contributed by atoms with Gasteiger partial charge in [0.1, 0.15) is 0 Å². The van der Waals surface area contributed by atoms with Crippen LogP contribution in [-0.2, 0) is 21.5 Å². The van der Waals surface area contributed by atoms with E-state index in [0.29, 0.717) is 11.3 Å². The normalized spacial score (nSPS) is 11.3. The summed E-state index contributed by atoms with van der Waals surface area (Å²) in [5.41, 5.74) is 6.84. The van der Waals surface area contributed by atoms with Crippen LogP contribution in [0.5, 0.6) is 0 Å². The zero-order valence-electron chi connectivity index (χ0n) is 10.1. The minimum absolute atomic E-state index is 0.0546. The Labute approximate surface area is 106 Å². The smallest absolute Gasteiger partial charge is 0.421 e. The van der Waals surface area contributed by atoms with Crippen molar-refractivity contribution in [1.29, 1.82) is 0 Å². The second-order valence-electron chi connectivity index (χ2n) is 3.55. The van der Waals surface area contributed by atoms with Gasteiger partial charge in [-0.1, -0.05) is 18.2 Å². The van der Waals surface area contributed by atoms with E-state index in [2.05, 4.69) is 4.74 Å². The van der Waals surface area contributed by atoms with Crippen molar-refractivity contribution in [3.63, 3.8) is 0 Å². The molecule has 0 radical (unpaired) electrons. The molecule has 18 heavy (non-hydrogen) atoms. The molecule has 8 heteroatoms. The summed E-state index contributed by atoms with van der Waals surface area (Å²) in [7, 11) is -1.52. The van der Waals surface area contributed by atoms with Crippen molar-refractivity contribution < 1.29 is 17.9 Å². The largest absolute Gasteiger partial charge is 0.452 e. The number of anilines is 1. The number of amides is 1. The first-order valence-corrected chi connectivity index (χ1v) is 6.46. The minimum Gasteiger partial charge on any atom is -0.452 e. The summed E-state index contributed by atoms with van der Waals surface area (Å²) in [6.45, 7) is 0.0546. The summed E-state index contributed by atoms with van der Waals surface area (Å²) in [5.74, 6) is 0. The van der Waals surface area contributed by atoms with Gasteiger partial charge in [0.15, 0.2) is 0 Å². The van der Waals surface area contributed by atoms with Crippen molar-refractivity contribution in [2.45, 2.75) is 6.54 Å². The lowest BCUT2D eigenvalue weighted by Gasteiger charge is -2.17. The van der Waals surface area contributed by atoms with Gasteiger partial charge < -0.3 is 10.5 Å². The predicted molar refractivity (Wildman–Crippen MR) is 66.8 cm³/mol. The third-order valence-electron chi connectivity index (χ3n) is 2.26. The number of nitrogens with one attached hydrogen (secondary N) is 1. The number of nitrogens with two attached hydrogens (primary N) is 1. The number of methoxy groups -OCH3 is 1. The van der Waals surface area contributed by atoms with Crippen LogP contribution in [0.15, 0.2) is 24.3 Å². The molecule has 7 nitrogen and oxygen atoms in total. The maximum absolute atomic E-state index is 11.7. The number of nitrogens with zero attached hydrogens (tertiary/aromatic N) is 1. The van der Waals surface area contributed by atoms with E-state index in [1.807, 2.05) is 0 Å². The van der Waals surface area contributed by atoms with E-state index < -0.39 is 16.3 Å². The van der Waals surface area contributed by atoms with E-state index in [0.717, 1.165) is 11.4 Å². The van der Waals surface area contributed by atoms with Crippen LogP contribution in [0.4, 0.5) is 10.5 Å². The van der Waals surface area contributed by atoms with Crippen LogP contribution < -0.4 is 10.5 Å². The van der Waals surface area contributed by atoms with Crippen LogP contribution in [0.2, 0.25) is 0 Å². The van der Waals surface area contributed by atoms with Crippen LogP contribution >= 0.6 is 0 Å². The first kappa shape index (κ1) is 14.3. The van der Waals surface area contributed by atoms with Gasteiger partial charge in [-0.25, -0.2) is 9.52 Å². The monoisotopic (exact) mass is 273 g/mol. The summed E-state index contributed by atoms with van der Waals surface area (Å²) in [5, 5.41) is 0. The third kappa shape index (κ3) is 3.60. The highest BCUT2D eigenvalue weighted by atomic mass is 32.2. The van der Waals surface area contributed by atoms with E-state index in [9.17, 15) is 13.2 Å². The molecule has 1 aromatic rings. The van der Waals surface area contributed by atoms with Crippen molar-refractivity contribution in [1.82, 2.24) is 9.03 Å². The van der Waals surface area contributed by atoms with Crippen molar-refractivity contribution in [3.8, 4) is 0 Å². The molecular formula is C10H15N3O4S. The fourth-order valence-corrected chi connectivity index (χ4v) is 1.99. The van der Waals surface area contributed by atoms with Gasteiger partial charge in [0, 0.05) is 19.3 Å². The molecule has 1 rings (SSSR count). The van der Waals surface area contributed by atoms with Crippen molar-refractivity contribution in [2.24, 2.45) is 0 Å². The van der Waals surface area contributed by atoms with Gasteiger partial charge in [-0.15, -0.1) is 0 Å². The van der Waals surface area contributed by atoms with Crippen LogP contribution in [0.1, 0.15) is 5.56 Å². The molecule has 0 unspecified atom stereocenters. The molecule has 0 fully saturated rings. The fourth-order valence-electron chi connectivity index (χ4n) is 1.23. The Bertz CT molecular complexity index is 530. The Balaban J connectivity index is 2.80. The average molecular weight is 273 g/mol. The number of nitrogen functional groups attached to an aromatic ring is 1. The number of hydrogen-bond acceptors (Lipinski definition) is 5. The number of rotatable bonds is 4. The van der Waals surface area contributed by atoms with Crippen LogP contribution in [0, 0.1) is 0 Å². The number of carbonyl (C=O) groups excluding carboxylic acids is 1. The molecule has 0 heterocycles. The number of hydrogen-bond donors (Lipinski definition) is 2. The second-order valence-corrected chi connectivity index (χ2v) is 5.33. The molecule has 1 amide bonds. The van der Waals surface area contributed by atoms with Crippen molar-refractivity contribution >= 4 is 22.0 Å². The van der Waals surface area contributed by atoms with E-state index >= 15 is 0 Å². The molecular weight excluding hydrogens is 258 g/mol. The molecule has 0 aromatic heterocycles. The molecule has 0 atom stereocenters. The first-order valence-electron chi connectivity index (χ1n) is 5.02. The van der Waals surface area contributed by atoms with Gasteiger partial charge in [0.05, 0.1) is 7.11 Å². The number of carbonyl (C=O) groups is 1. The summed E-state index contributed by atoms with van der Waals surface area (Å²) in [6, 6.07) is 6.88. The highest BCUT2D eigenvalue weighted by Gasteiger charge is 2.21. The molecule has 0 saturated heterocycles. The van der Waals surface area contributed by atoms with E-state index in [1.54, 1.807) is 29.0 Å². The van der Waals surface area contributed by atoms with Crippen LogP contribution in [0.25, 0.3) is 0 Å². The summed E-state index contributed by atoms with van der Waals surface area (Å²) in [6.07, 6.45) is -1.04. The maximum Gasteiger partial charge on any atom is 0.421 e. The zero-order valence-corrected chi connectivity index (χ0v) is 10.9. The minimum atomic E-state index is -3.93. The topological polar surface area (TPSA) is 102 Å². The van der Waals surface area contributed by atoms with Gasteiger partial charge in [-0.2, -0.15) is 12.7 Å². The molecule has 0 spiro atoms. The van der Waals surface area contributed by atoms with Gasteiger partial charge >= 0.3 is 16.3 Å². The first-order chi connectivity index (χ1) is 8.36. The Morgan fingerprint density at radius 1 is 1.44 bits per heavy atom. The molecule has 100 valence electrons. The lowest BCUT2D eigenvalue weighted by atomic mass is 10.2. The Hall–Kier alpha value is -1.80. The van der Waals surface area contributed by atoms with Gasteiger partial charge in [-0.05, 0) is 11.6 Å². The quantitative estimate of drug-likeness (QED) is 0.768. The summed E-state index contributed by atoms with van der Waals surface area (Å²) < 4.78 is 30.3. The Kier molecular flexibility index (Phi) is 4.51. The molecule has 0 bridgehead atoms.